The van der Waals surface area contributed by atoms with Crippen molar-refractivity contribution in [2.45, 2.75) is 56.0 Å². The third-order valence-corrected chi connectivity index (χ3v) is 5.49. The molecule has 10 nitrogen and oxygen atoms in total. The monoisotopic (exact) mass is 442 g/mol. The maximum Gasteiger partial charge on any atom is 0.290 e. The van der Waals surface area contributed by atoms with Crippen molar-refractivity contribution in [2.24, 2.45) is 0 Å². The fourth-order valence-electron chi connectivity index (χ4n) is 2.98. The Morgan fingerprint density at radius 2 is 1.83 bits per heavy atom. The fraction of sp³-hybridized carbons (Fsp3) is 0.632. The van der Waals surface area contributed by atoms with E-state index in [1.807, 2.05) is 26.8 Å². The number of piperidine rings is 1. The average molecular weight is 443 g/mol. The number of rotatable bonds is 7. The van der Waals surface area contributed by atoms with Crippen LogP contribution in [-0.2, 0) is 14.4 Å². The molecule has 168 valence electrons. The van der Waals surface area contributed by atoms with Crippen LogP contribution in [0.4, 0.5) is 0 Å². The van der Waals surface area contributed by atoms with Crippen molar-refractivity contribution in [1.82, 2.24) is 20.2 Å². The van der Waals surface area contributed by atoms with Crippen molar-refractivity contribution < 1.29 is 29.7 Å². The van der Waals surface area contributed by atoms with E-state index in [4.69, 9.17) is 15.0 Å². The van der Waals surface area contributed by atoms with E-state index < -0.39 is 11.5 Å². The number of nitrogens with one attached hydrogen (secondary N) is 1. The summed E-state index contributed by atoms with van der Waals surface area (Å²) in [5, 5.41) is 29.0. The predicted octanol–water partition coefficient (Wildman–Crippen LogP) is 0.127. The maximum atomic E-state index is 12.7. The van der Waals surface area contributed by atoms with Crippen LogP contribution in [0.2, 0.25) is 0 Å². The number of nitrogens with zero attached hydrogens (tertiary/aromatic N) is 3. The quantitative estimate of drug-likeness (QED) is 0.200. The number of aliphatic hydroxyl groups excluding tert-OH is 1. The van der Waals surface area contributed by atoms with E-state index in [1.165, 1.54) is 11.8 Å². The number of carboxylic acid groups (broad SMARTS) is 1. The van der Waals surface area contributed by atoms with Crippen LogP contribution >= 0.6 is 11.8 Å². The minimum Gasteiger partial charge on any atom is -0.483 e. The molecule has 1 aromatic rings. The Hall–Kier alpha value is -2.24. The lowest BCUT2D eigenvalue weighted by Crippen LogP contribution is -2.55. The van der Waals surface area contributed by atoms with E-state index in [0.29, 0.717) is 31.2 Å². The van der Waals surface area contributed by atoms with Crippen LogP contribution in [0, 0.1) is 13.8 Å². The Morgan fingerprint density at radius 1 is 1.30 bits per heavy atom. The molecule has 1 aliphatic rings. The first-order chi connectivity index (χ1) is 14.2. The highest BCUT2D eigenvalue weighted by atomic mass is 32.2. The number of amides is 2. The van der Waals surface area contributed by atoms with E-state index >= 15 is 0 Å². The summed E-state index contributed by atoms with van der Waals surface area (Å²) in [5.74, 6) is -0.486. The number of carbonyl (C=O) groups is 3. The molecule has 0 spiro atoms. The zero-order chi connectivity index (χ0) is 22.7. The average Bonchev–Trinajstić information content (AvgIpc) is 2.68. The van der Waals surface area contributed by atoms with Crippen molar-refractivity contribution in [3.8, 4) is 0 Å². The standard InChI is InChI=1S/C18H28N4O4S.CH2O2/c1-12-11-13(2)21-17(20-12)27-14(3)15(24)22-8-5-18(26,6-9-22)16(25)19-7-4-10-23;2-1-3/h11,14,23,26H,4-10H2,1-3H3,(H,19,25);1H,(H,2,3). The van der Waals surface area contributed by atoms with Crippen molar-refractivity contribution in [3.05, 3.63) is 17.5 Å². The molecule has 1 aromatic heterocycles. The molecule has 11 heteroatoms. The zero-order valence-electron chi connectivity index (χ0n) is 17.5. The lowest BCUT2D eigenvalue weighted by atomic mass is 9.90. The van der Waals surface area contributed by atoms with Gasteiger partial charge in [0.2, 0.25) is 5.91 Å². The van der Waals surface area contributed by atoms with Gasteiger partial charge in [-0.15, -0.1) is 0 Å². The van der Waals surface area contributed by atoms with Crippen LogP contribution in [0.15, 0.2) is 11.2 Å². The van der Waals surface area contributed by atoms with Crippen LogP contribution in [-0.4, -0.2) is 85.6 Å². The molecular formula is C19H30N4O6S. The Morgan fingerprint density at radius 3 is 2.33 bits per heavy atom. The van der Waals surface area contributed by atoms with E-state index in [1.54, 1.807) is 4.90 Å². The highest BCUT2D eigenvalue weighted by Gasteiger charge is 2.40. The van der Waals surface area contributed by atoms with E-state index in [-0.39, 0.29) is 37.1 Å². The molecule has 2 amide bonds. The number of aryl methyl sites for hydroxylation is 2. The highest BCUT2D eigenvalue weighted by molar-refractivity contribution is 8.00. The molecule has 1 aliphatic heterocycles. The van der Waals surface area contributed by atoms with Crippen molar-refractivity contribution >= 4 is 30.0 Å². The minimum atomic E-state index is -1.46. The van der Waals surface area contributed by atoms with Gasteiger partial charge in [0.05, 0.1) is 5.25 Å². The van der Waals surface area contributed by atoms with Crippen LogP contribution in [0.5, 0.6) is 0 Å². The van der Waals surface area contributed by atoms with E-state index in [9.17, 15) is 14.7 Å². The molecule has 30 heavy (non-hydrogen) atoms. The molecule has 0 aromatic carbocycles. The van der Waals surface area contributed by atoms with Gasteiger partial charge in [-0.25, -0.2) is 9.97 Å². The molecule has 2 rings (SSSR count). The van der Waals surface area contributed by atoms with Crippen LogP contribution in [0.1, 0.15) is 37.6 Å². The smallest absolute Gasteiger partial charge is 0.290 e. The van der Waals surface area contributed by atoms with Crippen molar-refractivity contribution in [1.29, 1.82) is 0 Å². The summed E-state index contributed by atoms with van der Waals surface area (Å²) in [7, 11) is 0. The SMILES string of the molecule is Cc1cc(C)nc(SC(C)C(=O)N2CCC(O)(C(=O)NCCCO)CC2)n1.O=CO. The summed E-state index contributed by atoms with van der Waals surface area (Å²) >= 11 is 1.31. The summed E-state index contributed by atoms with van der Waals surface area (Å²) in [4.78, 5) is 43.6. The lowest BCUT2D eigenvalue weighted by Gasteiger charge is -2.37. The van der Waals surface area contributed by atoms with Crippen molar-refractivity contribution in [3.63, 3.8) is 0 Å². The summed E-state index contributed by atoms with van der Waals surface area (Å²) in [5.41, 5.74) is 0.263. The normalized spacial score (nSPS) is 16.1. The molecule has 1 unspecified atom stereocenters. The second-order valence-electron chi connectivity index (χ2n) is 6.99. The number of carbonyl (C=O) groups excluding carboxylic acids is 2. The lowest BCUT2D eigenvalue weighted by molar-refractivity contribution is -0.149. The van der Waals surface area contributed by atoms with Gasteiger partial charge in [0.15, 0.2) is 5.16 Å². The third-order valence-electron chi connectivity index (χ3n) is 4.54. The highest BCUT2D eigenvalue weighted by Crippen LogP contribution is 2.26. The van der Waals surface area contributed by atoms with Gasteiger partial charge in [-0.2, -0.15) is 0 Å². The Labute approximate surface area is 180 Å². The van der Waals surface area contributed by atoms with Crippen LogP contribution in [0.3, 0.4) is 0 Å². The maximum absolute atomic E-state index is 12.7. The fourth-order valence-corrected chi connectivity index (χ4v) is 3.94. The predicted molar refractivity (Wildman–Crippen MR) is 111 cm³/mol. The first-order valence-electron chi connectivity index (χ1n) is 9.64. The molecule has 2 heterocycles. The Bertz CT molecular complexity index is 705. The molecule has 0 aliphatic carbocycles. The summed E-state index contributed by atoms with van der Waals surface area (Å²) in [6.45, 7) is 6.30. The second kappa shape index (κ2) is 12.5. The van der Waals surface area contributed by atoms with Crippen LogP contribution < -0.4 is 5.32 Å². The largest absolute Gasteiger partial charge is 0.483 e. The first-order valence-corrected chi connectivity index (χ1v) is 10.5. The molecule has 1 fully saturated rings. The number of likely N-dealkylation sites (tertiary alicyclic amines) is 1. The molecule has 0 saturated carbocycles. The van der Waals surface area contributed by atoms with Gasteiger partial charge in [0, 0.05) is 50.5 Å². The van der Waals surface area contributed by atoms with Gasteiger partial charge >= 0.3 is 0 Å². The minimum absolute atomic E-state index is 0.0132. The number of aliphatic hydroxyl groups is 2. The molecule has 1 atom stereocenters. The second-order valence-corrected chi connectivity index (χ2v) is 8.30. The summed E-state index contributed by atoms with van der Waals surface area (Å²) in [6, 6.07) is 1.88. The van der Waals surface area contributed by atoms with E-state index in [2.05, 4.69) is 15.3 Å². The molecule has 0 bridgehead atoms. The molecule has 4 N–H and O–H groups in total. The molecule has 1 saturated heterocycles. The van der Waals surface area contributed by atoms with Gasteiger partial charge in [-0.05, 0) is 33.3 Å². The number of hydrogen-bond acceptors (Lipinski definition) is 8. The first kappa shape index (κ1) is 25.8. The number of thioether (sulfide) groups is 1. The molecular weight excluding hydrogens is 412 g/mol. The molecule has 0 radical (unpaired) electrons. The summed E-state index contributed by atoms with van der Waals surface area (Å²) < 4.78 is 0. The number of hydrogen-bond donors (Lipinski definition) is 4. The number of aromatic nitrogens is 2. The zero-order valence-corrected chi connectivity index (χ0v) is 18.3. The van der Waals surface area contributed by atoms with Crippen molar-refractivity contribution in [2.75, 3.05) is 26.2 Å². The third kappa shape index (κ3) is 7.88. The van der Waals surface area contributed by atoms with E-state index in [0.717, 1.165) is 11.4 Å². The summed E-state index contributed by atoms with van der Waals surface area (Å²) in [6.07, 6.45) is 0.837. The van der Waals surface area contributed by atoms with Gasteiger partial charge in [-0.3, -0.25) is 14.4 Å². The van der Waals surface area contributed by atoms with Gasteiger partial charge in [0.25, 0.3) is 12.4 Å². The van der Waals surface area contributed by atoms with Gasteiger partial charge in [-0.1, -0.05) is 11.8 Å². The van der Waals surface area contributed by atoms with Crippen LogP contribution in [0.25, 0.3) is 0 Å². The Kier molecular flexibility index (Phi) is 10.7. The van der Waals surface area contributed by atoms with Gasteiger partial charge < -0.3 is 25.5 Å². The van der Waals surface area contributed by atoms with Gasteiger partial charge in [0.1, 0.15) is 5.60 Å². The topological polar surface area (TPSA) is 153 Å². The Balaban J connectivity index is 0.00000141.